The summed E-state index contributed by atoms with van der Waals surface area (Å²) in [5, 5.41) is 18.1. The number of amides is 2. The highest BCUT2D eigenvalue weighted by Gasteiger charge is 2.08. The van der Waals surface area contributed by atoms with Crippen LogP contribution in [-0.4, -0.2) is 23.7 Å². The lowest BCUT2D eigenvalue weighted by Gasteiger charge is -2.13. The molecule has 0 radical (unpaired) electrons. The van der Waals surface area contributed by atoms with Crippen molar-refractivity contribution in [3.63, 3.8) is 0 Å². The molecule has 0 aliphatic heterocycles. The van der Waals surface area contributed by atoms with Gasteiger partial charge in [0.25, 0.3) is 0 Å². The van der Waals surface area contributed by atoms with Crippen LogP contribution in [0.15, 0.2) is 16.8 Å². The predicted molar refractivity (Wildman–Crippen MR) is 75.4 cm³/mol. The average Bonchev–Trinajstić information content (AvgIpc) is 2.87. The minimum atomic E-state index is -0.768. The van der Waals surface area contributed by atoms with Crippen molar-refractivity contribution in [2.24, 2.45) is 0 Å². The molecule has 0 aromatic carbocycles. The second-order valence-corrected chi connectivity index (χ2v) is 5.16. The number of urea groups is 1. The van der Waals surface area contributed by atoms with Gasteiger partial charge in [-0.1, -0.05) is 6.42 Å². The first kappa shape index (κ1) is 15.5. The lowest BCUT2D eigenvalue weighted by Crippen LogP contribution is -2.37. The Bertz CT molecular complexity index is 393. The molecule has 1 aromatic rings. The number of carboxylic acid groups (broad SMARTS) is 1. The maximum atomic E-state index is 11.6. The van der Waals surface area contributed by atoms with Crippen molar-refractivity contribution in [1.82, 2.24) is 10.6 Å². The largest absolute Gasteiger partial charge is 0.481 e. The Morgan fingerprint density at radius 1 is 1.37 bits per heavy atom. The second-order valence-electron chi connectivity index (χ2n) is 4.38. The van der Waals surface area contributed by atoms with E-state index in [1.54, 1.807) is 11.3 Å². The van der Waals surface area contributed by atoms with Crippen LogP contribution in [0.3, 0.4) is 0 Å². The molecule has 1 atom stereocenters. The van der Waals surface area contributed by atoms with Crippen LogP contribution in [-0.2, 0) is 4.79 Å². The minimum absolute atomic E-state index is 0.00161. The Balaban J connectivity index is 2.06. The molecule has 3 N–H and O–H groups in total. The Kier molecular flexibility index (Phi) is 6.95. The van der Waals surface area contributed by atoms with Gasteiger partial charge in [0, 0.05) is 13.0 Å². The van der Waals surface area contributed by atoms with Crippen LogP contribution in [0.5, 0.6) is 0 Å². The summed E-state index contributed by atoms with van der Waals surface area (Å²) in [7, 11) is 0. The molecule has 1 unspecified atom stereocenters. The van der Waals surface area contributed by atoms with E-state index in [1.807, 2.05) is 23.8 Å². The monoisotopic (exact) mass is 284 g/mol. The molecule has 1 rings (SSSR count). The number of carbonyl (C=O) groups excluding carboxylic acids is 1. The summed E-state index contributed by atoms with van der Waals surface area (Å²) >= 11 is 1.60. The fourth-order valence-electron chi connectivity index (χ4n) is 1.63. The summed E-state index contributed by atoms with van der Waals surface area (Å²) in [4.78, 5) is 21.9. The number of aliphatic carboxylic acids is 1. The first-order chi connectivity index (χ1) is 9.09. The molecule has 19 heavy (non-hydrogen) atoms. The van der Waals surface area contributed by atoms with E-state index in [-0.39, 0.29) is 18.5 Å². The highest BCUT2D eigenvalue weighted by atomic mass is 32.1. The van der Waals surface area contributed by atoms with Gasteiger partial charge in [-0.2, -0.15) is 11.3 Å². The molecular formula is C13H20N2O3S. The molecule has 0 fully saturated rings. The van der Waals surface area contributed by atoms with E-state index in [4.69, 9.17) is 5.11 Å². The zero-order valence-corrected chi connectivity index (χ0v) is 11.8. The van der Waals surface area contributed by atoms with Gasteiger partial charge in [-0.05, 0) is 42.2 Å². The lowest BCUT2D eigenvalue weighted by molar-refractivity contribution is -0.137. The lowest BCUT2D eigenvalue weighted by atomic mass is 10.2. The van der Waals surface area contributed by atoms with Crippen molar-refractivity contribution < 1.29 is 14.7 Å². The minimum Gasteiger partial charge on any atom is -0.481 e. The van der Waals surface area contributed by atoms with Crippen molar-refractivity contribution in [2.45, 2.75) is 38.6 Å². The van der Waals surface area contributed by atoms with Gasteiger partial charge in [-0.3, -0.25) is 4.79 Å². The quantitative estimate of drug-likeness (QED) is 0.642. The molecule has 6 heteroatoms. The van der Waals surface area contributed by atoms with E-state index in [0.29, 0.717) is 13.0 Å². The number of carbonyl (C=O) groups is 2. The van der Waals surface area contributed by atoms with Crippen LogP contribution >= 0.6 is 11.3 Å². The van der Waals surface area contributed by atoms with Gasteiger partial charge < -0.3 is 15.7 Å². The molecule has 0 aliphatic rings. The Labute approximate surface area is 117 Å². The highest BCUT2D eigenvalue weighted by molar-refractivity contribution is 7.07. The molecule has 0 saturated heterocycles. The van der Waals surface area contributed by atoms with Crippen molar-refractivity contribution in [2.75, 3.05) is 6.54 Å². The van der Waals surface area contributed by atoms with Crippen LogP contribution in [0.4, 0.5) is 4.79 Å². The maximum absolute atomic E-state index is 11.6. The SMILES string of the molecule is CC(NC(=O)NCCCCCC(=O)O)c1ccsc1. The van der Waals surface area contributed by atoms with Crippen LogP contribution in [0.2, 0.25) is 0 Å². The predicted octanol–water partition coefficient (Wildman–Crippen LogP) is 2.75. The third-order valence-corrected chi connectivity index (χ3v) is 3.45. The molecule has 0 bridgehead atoms. The van der Waals surface area contributed by atoms with Gasteiger partial charge in [0.05, 0.1) is 6.04 Å². The van der Waals surface area contributed by atoms with E-state index in [1.165, 1.54) is 0 Å². The van der Waals surface area contributed by atoms with E-state index >= 15 is 0 Å². The molecule has 1 heterocycles. The van der Waals surface area contributed by atoms with Crippen LogP contribution < -0.4 is 10.6 Å². The van der Waals surface area contributed by atoms with Gasteiger partial charge in [0.2, 0.25) is 0 Å². The van der Waals surface area contributed by atoms with Crippen molar-refractivity contribution in [3.05, 3.63) is 22.4 Å². The number of carboxylic acids is 1. The fraction of sp³-hybridized carbons (Fsp3) is 0.538. The van der Waals surface area contributed by atoms with Crippen LogP contribution in [0.1, 0.15) is 44.2 Å². The van der Waals surface area contributed by atoms with Crippen LogP contribution in [0, 0.1) is 0 Å². The summed E-state index contributed by atoms with van der Waals surface area (Å²) in [5.74, 6) is -0.768. The molecule has 5 nitrogen and oxygen atoms in total. The summed E-state index contributed by atoms with van der Waals surface area (Å²) in [6, 6.07) is 1.80. The number of thiophene rings is 1. The third-order valence-electron chi connectivity index (χ3n) is 2.74. The number of nitrogens with one attached hydrogen (secondary N) is 2. The normalized spacial score (nSPS) is 11.8. The first-order valence-corrected chi connectivity index (χ1v) is 7.32. The zero-order valence-electron chi connectivity index (χ0n) is 11.0. The molecule has 2 amide bonds. The second kappa shape index (κ2) is 8.53. The molecule has 0 saturated carbocycles. The molecule has 1 aromatic heterocycles. The van der Waals surface area contributed by atoms with Crippen molar-refractivity contribution in [1.29, 1.82) is 0 Å². The summed E-state index contributed by atoms with van der Waals surface area (Å²) in [6.45, 7) is 2.51. The standard InChI is InChI=1S/C13H20N2O3S/c1-10(11-6-8-19-9-11)15-13(18)14-7-4-2-3-5-12(16)17/h6,8-10H,2-5,7H2,1H3,(H,16,17)(H2,14,15,18). The third kappa shape index (κ3) is 6.81. The Hall–Kier alpha value is -1.56. The number of unbranched alkanes of at least 4 members (excludes halogenated alkanes) is 2. The Morgan fingerprint density at radius 3 is 2.79 bits per heavy atom. The smallest absolute Gasteiger partial charge is 0.315 e. The average molecular weight is 284 g/mol. The highest BCUT2D eigenvalue weighted by Crippen LogP contribution is 2.15. The number of hydrogen-bond acceptors (Lipinski definition) is 3. The van der Waals surface area contributed by atoms with Gasteiger partial charge >= 0.3 is 12.0 Å². The number of hydrogen-bond donors (Lipinski definition) is 3. The molecular weight excluding hydrogens is 264 g/mol. The Morgan fingerprint density at radius 2 is 2.16 bits per heavy atom. The summed E-state index contributed by atoms with van der Waals surface area (Å²) in [5.41, 5.74) is 1.10. The van der Waals surface area contributed by atoms with Crippen LogP contribution in [0.25, 0.3) is 0 Å². The fourth-order valence-corrected chi connectivity index (χ4v) is 2.39. The summed E-state index contributed by atoms with van der Waals surface area (Å²) < 4.78 is 0. The maximum Gasteiger partial charge on any atom is 0.315 e. The van der Waals surface area contributed by atoms with Gasteiger partial charge in [-0.15, -0.1) is 0 Å². The van der Waals surface area contributed by atoms with Gasteiger partial charge in [0.15, 0.2) is 0 Å². The molecule has 0 spiro atoms. The summed E-state index contributed by atoms with van der Waals surface area (Å²) in [6.07, 6.45) is 2.46. The molecule has 0 aliphatic carbocycles. The number of rotatable bonds is 8. The van der Waals surface area contributed by atoms with E-state index in [9.17, 15) is 9.59 Å². The van der Waals surface area contributed by atoms with E-state index in [0.717, 1.165) is 18.4 Å². The van der Waals surface area contributed by atoms with E-state index < -0.39 is 5.97 Å². The van der Waals surface area contributed by atoms with Crippen molar-refractivity contribution in [3.8, 4) is 0 Å². The van der Waals surface area contributed by atoms with Gasteiger partial charge in [0.1, 0.15) is 0 Å². The topological polar surface area (TPSA) is 78.4 Å². The first-order valence-electron chi connectivity index (χ1n) is 6.38. The van der Waals surface area contributed by atoms with Gasteiger partial charge in [-0.25, -0.2) is 4.79 Å². The zero-order chi connectivity index (χ0) is 14.1. The van der Waals surface area contributed by atoms with E-state index in [2.05, 4.69) is 10.6 Å². The molecule has 106 valence electrons. The van der Waals surface area contributed by atoms with Crippen molar-refractivity contribution >= 4 is 23.3 Å².